The number of aliphatic hydroxyl groups excluding tert-OH is 1. The molecule has 0 atom stereocenters. The van der Waals surface area contributed by atoms with Gasteiger partial charge >= 0.3 is 0 Å². The van der Waals surface area contributed by atoms with Crippen LogP contribution in [0.1, 0.15) is 16.8 Å². The number of aliphatic hydroxyl groups is 1. The molecule has 98 valence electrons. The van der Waals surface area contributed by atoms with Crippen LogP contribution in [0.25, 0.3) is 22.4 Å². The Morgan fingerprint density at radius 3 is 2.70 bits per heavy atom. The van der Waals surface area contributed by atoms with Gasteiger partial charge in [0.2, 0.25) is 0 Å². The number of nitrogens with zero attached hydrogens (tertiary/aromatic N) is 1. The van der Waals surface area contributed by atoms with Crippen LogP contribution in [0.3, 0.4) is 0 Å². The molecule has 1 aromatic heterocycles. The standard InChI is InChI=1S/C17H14N2O/c20-10-14-9-17(19-18-14)12-5-6-16-13(8-12)7-11-3-1-2-4-15(11)16/h1-6,8-9,20H,7,10H2,(H,18,19). The quantitative estimate of drug-likeness (QED) is 0.583. The summed E-state index contributed by atoms with van der Waals surface area (Å²) in [5.74, 6) is 0. The van der Waals surface area contributed by atoms with E-state index >= 15 is 0 Å². The number of benzene rings is 2. The third kappa shape index (κ3) is 1.67. The van der Waals surface area contributed by atoms with Crippen molar-refractivity contribution < 1.29 is 5.11 Å². The molecule has 0 radical (unpaired) electrons. The van der Waals surface area contributed by atoms with Crippen LogP contribution in [0, 0.1) is 0 Å². The van der Waals surface area contributed by atoms with Crippen LogP contribution in [-0.2, 0) is 13.0 Å². The monoisotopic (exact) mass is 262 g/mol. The lowest BCUT2D eigenvalue weighted by Gasteiger charge is -2.03. The minimum Gasteiger partial charge on any atom is -0.390 e. The van der Waals surface area contributed by atoms with Gasteiger partial charge in [-0.1, -0.05) is 36.4 Å². The number of aromatic nitrogens is 2. The molecule has 0 spiro atoms. The first-order valence-electron chi connectivity index (χ1n) is 6.72. The highest BCUT2D eigenvalue weighted by Gasteiger charge is 2.18. The first-order chi connectivity index (χ1) is 9.85. The van der Waals surface area contributed by atoms with E-state index in [9.17, 15) is 0 Å². The summed E-state index contributed by atoms with van der Waals surface area (Å²) in [6.07, 6.45) is 0.983. The second-order valence-corrected chi connectivity index (χ2v) is 5.14. The van der Waals surface area contributed by atoms with Gasteiger partial charge in [0.15, 0.2) is 0 Å². The number of hydrogen-bond acceptors (Lipinski definition) is 2. The van der Waals surface area contributed by atoms with Gasteiger partial charge in [-0.25, -0.2) is 0 Å². The average Bonchev–Trinajstić information content (AvgIpc) is 3.10. The predicted molar refractivity (Wildman–Crippen MR) is 78.2 cm³/mol. The normalized spacial score (nSPS) is 12.2. The predicted octanol–water partition coefficient (Wildman–Crippen LogP) is 3.14. The molecule has 2 N–H and O–H groups in total. The first-order valence-corrected chi connectivity index (χ1v) is 6.72. The van der Waals surface area contributed by atoms with Crippen molar-refractivity contribution in [2.75, 3.05) is 0 Å². The molecular formula is C17H14N2O. The molecule has 3 aromatic rings. The first kappa shape index (κ1) is 11.4. The van der Waals surface area contributed by atoms with Crippen LogP contribution in [0.15, 0.2) is 48.5 Å². The molecule has 4 rings (SSSR count). The molecule has 0 bridgehead atoms. The molecule has 0 aliphatic heterocycles. The van der Waals surface area contributed by atoms with E-state index in [2.05, 4.69) is 52.7 Å². The molecule has 0 saturated heterocycles. The molecule has 2 aromatic carbocycles. The topological polar surface area (TPSA) is 48.9 Å². The van der Waals surface area contributed by atoms with Gasteiger partial charge < -0.3 is 5.11 Å². The van der Waals surface area contributed by atoms with E-state index in [0.29, 0.717) is 0 Å². The molecular weight excluding hydrogens is 248 g/mol. The second-order valence-electron chi connectivity index (χ2n) is 5.14. The molecule has 1 aliphatic rings. The van der Waals surface area contributed by atoms with Gasteiger partial charge in [-0.05, 0) is 40.8 Å². The fourth-order valence-electron chi connectivity index (χ4n) is 2.89. The Morgan fingerprint density at radius 2 is 1.85 bits per heavy atom. The van der Waals surface area contributed by atoms with Gasteiger partial charge in [0.1, 0.15) is 0 Å². The maximum atomic E-state index is 9.10. The minimum absolute atomic E-state index is 0.0105. The Labute approximate surface area is 116 Å². The zero-order valence-electron chi connectivity index (χ0n) is 10.9. The van der Waals surface area contributed by atoms with Gasteiger partial charge in [0.05, 0.1) is 18.0 Å². The summed E-state index contributed by atoms with van der Waals surface area (Å²) in [6.45, 7) is -0.0105. The zero-order valence-corrected chi connectivity index (χ0v) is 10.9. The van der Waals surface area contributed by atoms with E-state index in [-0.39, 0.29) is 6.61 Å². The highest BCUT2D eigenvalue weighted by Crippen LogP contribution is 2.38. The van der Waals surface area contributed by atoms with Crippen LogP contribution in [0.4, 0.5) is 0 Å². The van der Waals surface area contributed by atoms with Crippen molar-refractivity contribution in [2.45, 2.75) is 13.0 Å². The van der Waals surface area contributed by atoms with E-state index in [1.165, 1.54) is 22.3 Å². The number of aromatic amines is 1. The maximum absolute atomic E-state index is 9.10. The molecule has 1 heterocycles. The Morgan fingerprint density at radius 1 is 1.00 bits per heavy atom. The Hall–Kier alpha value is -2.39. The number of H-pyrrole nitrogens is 1. The third-order valence-corrected chi connectivity index (χ3v) is 3.89. The number of nitrogens with one attached hydrogen (secondary N) is 1. The summed E-state index contributed by atoms with van der Waals surface area (Å²) in [5, 5.41) is 16.2. The molecule has 0 saturated carbocycles. The highest BCUT2D eigenvalue weighted by molar-refractivity contribution is 5.79. The van der Waals surface area contributed by atoms with E-state index in [1.807, 2.05) is 6.07 Å². The zero-order chi connectivity index (χ0) is 13.5. The van der Waals surface area contributed by atoms with E-state index in [4.69, 9.17) is 5.11 Å². The number of fused-ring (bicyclic) bond motifs is 3. The van der Waals surface area contributed by atoms with Crippen LogP contribution in [0.5, 0.6) is 0 Å². The van der Waals surface area contributed by atoms with Crippen molar-refractivity contribution in [3.63, 3.8) is 0 Å². The molecule has 0 unspecified atom stereocenters. The van der Waals surface area contributed by atoms with Crippen molar-refractivity contribution in [1.82, 2.24) is 10.2 Å². The van der Waals surface area contributed by atoms with Crippen LogP contribution >= 0.6 is 0 Å². The molecule has 0 amide bonds. The Bertz CT molecular complexity index is 789. The highest BCUT2D eigenvalue weighted by atomic mass is 16.3. The van der Waals surface area contributed by atoms with Gasteiger partial charge in [-0.2, -0.15) is 5.10 Å². The number of hydrogen-bond donors (Lipinski definition) is 2. The Balaban J connectivity index is 1.78. The van der Waals surface area contributed by atoms with Crippen molar-refractivity contribution in [3.8, 4) is 22.4 Å². The van der Waals surface area contributed by atoms with E-state index in [0.717, 1.165) is 23.4 Å². The summed E-state index contributed by atoms with van der Waals surface area (Å²) in [4.78, 5) is 0. The summed E-state index contributed by atoms with van der Waals surface area (Å²) in [6, 6.07) is 16.9. The van der Waals surface area contributed by atoms with Crippen LogP contribution in [-0.4, -0.2) is 15.3 Å². The lowest BCUT2D eigenvalue weighted by molar-refractivity contribution is 0.276. The molecule has 20 heavy (non-hydrogen) atoms. The van der Waals surface area contributed by atoms with E-state index in [1.54, 1.807) is 0 Å². The van der Waals surface area contributed by atoms with Gasteiger partial charge in [-0.15, -0.1) is 0 Å². The third-order valence-electron chi connectivity index (χ3n) is 3.89. The SMILES string of the molecule is OCc1cc(-c2ccc3c(c2)Cc2ccccc2-3)n[nH]1. The van der Waals surface area contributed by atoms with Crippen molar-refractivity contribution >= 4 is 0 Å². The summed E-state index contributed by atoms with van der Waals surface area (Å²) in [5.41, 5.74) is 8.11. The lowest BCUT2D eigenvalue weighted by atomic mass is 10.0. The summed E-state index contributed by atoms with van der Waals surface area (Å²) >= 11 is 0. The number of rotatable bonds is 2. The fourth-order valence-corrected chi connectivity index (χ4v) is 2.89. The van der Waals surface area contributed by atoms with Crippen LogP contribution in [0.2, 0.25) is 0 Å². The fraction of sp³-hybridized carbons (Fsp3) is 0.118. The summed E-state index contributed by atoms with van der Waals surface area (Å²) in [7, 11) is 0. The maximum Gasteiger partial charge on any atom is 0.0924 e. The van der Waals surface area contributed by atoms with Crippen molar-refractivity contribution in [1.29, 1.82) is 0 Å². The van der Waals surface area contributed by atoms with Gasteiger partial charge in [0, 0.05) is 5.56 Å². The van der Waals surface area contributed by atoms with Crippen molar-refractivity contribution in [3.05, 3.63) is 65.4 Å². The Kier molecular flexibility index (Phi) is 2.47. The van der Waals surface area contributed by atoms with Gasteiger partial charge in [0.25, 0.3) is 0 Å². The second kappa shape index (κ2) is 4.32. The van der Waals surface area contributed by atoms with Gasteiger partial charge in [-0.3, -0.25) is 5.10 Å². The molecule has 3 heteroatoms. The van der Waals surface area contributed by atoms with Crippen LogP contribution < -0.4 is 0 Å². The lowest BCUT2D eigenvalue weighted by Crippen LogP contribution is -1.83. The molecule has 0 fully saturated rings. The molecule has 3 nitrogen and oxygen atoms in total. The summed E-state index contributed by atoms with van der Waals surface area (Å²) < 4.78 is 0. The molecule has 1 aliphatic carbocycles. The largest absolute Gasteiger partial charge is 0.390 e. The smallest absolute Gasteiger partial charge is 0.0924 e. The minimum atomic E-state index is -0.0105. The van der Waals surface area contributed by atoms with Crippen molar-refractivity contribution in [2.24, 2.45) is 0 Å². The van der Waals surface area contributed by atoms with E-state index < -0.39 is 0 Å². The average molecular weight is 262 g/mol.